The third kappa shape index (κ3) is 5.14. The van der Waals surface area contributed by atoms with Crippen molar-refractivity contribution < 1.29 is 4.79 Å². The highest BCUT2D eigenvalue weighted by molar-refractivity contribution is 7.80. The topological polar surface area (TPSA) is 35.6 Å². The molecular formula is C21H30ClN3OS. The van der Waals surface area contributed by atoms with Gasteiger partial charge < -0.3 is 15.1 Å². The van der Waals surface area contributed by atoms with Gasteiger partial charge in [0.15, 0.2) is 5.11 Å². The predicted octanol–water partition coefficient (Wildman–Crippen LogP) is 4.77. The minimum Gasteiger partial charge on any atom is -0.349 e. The van der Waals surface area contributed by atoms with Gasteiger partial charge in [0, 0.05) is 32.1 Å². The number of aryl methyl sites for hydroxylation is 2. The lowest BCUT2D eigenvalue weighted by molar-refractivity contribution is -0.136. The summed E-state index contributed by atoms with van der Waals surface area (Å²) in [6.07, 6.45) is 6.55. The van der Waals surface area contributed by atoms with Gasteiger partial charge in [-0.2, -0.15) is 0 Å². The van der Waals surface area contributed by atoms with Gasteiger partial charge in [0.05, 0.1) is 10.7 Å². The normalized spacial score (nSPS) is 18.9. The molecule has 1 aromatic carbocycles. The minimum absolute atomic E-state index is 0.145. The van der Waals surface area contributed by atoms with Gasteiger partial charge in [0.1, 0.15) is 0 Å². The maximum absolute atomic E-state index is 12.8. The summed E-state index contributed by atoms with van der Waals surface area (Å²) in [7, 11) is 0. The Morgan fingerprint density at radius 1 is 1.04 bits per heavy atom. The van der Waals surface area contributed by atoms with Crippen molar-refractivity contribution >= 4 is 40.5 Å². The second-order valence-corrected chi connectivity index (χ2v) is 8.66. The average molecular weight is 408 g/mol. The molecule has 2 aliphatic heterocycles. The molecule has 2 heterocycles. The van der Waals surface area contributed by atoms with Crippen LogP contribution in [-0.2, 0) is 4.79 Å². The molecule has 0 unspecified atom stereocenters. The van der Waals surface area contributed by atoms with Crippen LogP contribution in [-0.4, -0.2) is 47.0 Å². The van der Waals surface area contributed by atoms with Crippen molar-refractivity contribution in [3.05, 3.63) is 28.3 Å². The SMILES string of the molecule is Cc1cc(C)c(NC(=S)N2CCC(C(=O)N3CCCCCC3)CC2)c(Cl)c1. The van der Waals surface area contributed by atoms with Gasteiger partial charge in [0.25, 0.3) is 0 Å². The summed E-state index contributed by atoms with van der Waals surface area (Å²) < 4.78 is 0. The number of likely N-dealkylation sites (tertiary alicyclic amines) is 2. The van der Waals surface area contributed by atoms with Crippen LogP contribution >= 0.6 is 23.8 Å². The molecule has 0 radical (unpaired) electrons. The van der Waals surface area contributed by atoms with Crippen LogP contribution in [0.25, 0.3) is 0 Å². The highest BCUT2D eigenvalue weighted by atomic mass is 35.5. The Labute approximate surface area is 173 Å². The first-order chi connectivity index (χ1) is 13.0. The monoisotopic (exact) mass is 407 g/mol. The molecule has 1 amide bonds. The Morgan fingerprint density at radius 3 is 2.26 bits per heavy atom. The molecular weight excluding hydrogens is 378 g/mol. The molecule has 0 saturated carbocycles. The first-order valence-electron chi connectivity index (χ1n) is 10.1. The van der Waals surface area contributed by atoms with E-state index in [0.29, 0.717) is 16.0 Å². The van der Waals surface area contributed by atoms with Crippen LogP contribution < -0.4 is 5.32 Å². The molecule has 0 aromatic heterocycles. The van der Waals surface area contributed by atoms with E-state index >= 15 is 0 Å². The van der Waals surface area contributed by atoms with Gasteiger partial charge in [-0.15, -0.1) is 0 Å². The van der Waals surface area contributed by atoms with Crippen LogP contribution in [0.5, 0.6) is 0 Å². The molecule has 148 valence electrons. The van der Waals surface area contributed by atoms with Crippen molar-refractivity contribution in [2.45, 2.75) is 52.4 Å². The van der Waals surface area contributed by atoms with Crippen molar-refractivity contribution in [3.63, 3.8) is 0 Å². The van der Waals surface area contributed by atoms with E-state index < -0.39 is 0 Å². The summed E-state index contributed by atoms with van der Waals surface area (Å²) in [4.78, 5) is 17.1. The van der Waals surface area contributed by atoms with Crippen LogP contribution in [0.3, 0.4) is 0 Å². The fourth-order valence-corrected chi connectivity index (χ4v) is 4.79. The van der Waals surface area contributed by atoms with Crippen molar-refractivity contribution in [1.29, 1.82) is 0 Å². The summed E-state index contributed by atoms with van der Waals surface area (Å²) in [6.45, 7) is 7.58. The first kappa shape index (κ1) is 20.4. The average Bonchev–Trinajstić information content (AvgIpc) is 2.93. The van der Waals surface area contributed by atoms with E-state index in [1.54, 1.807) is 0 Å². The van der Waals surface area contributed by atoms with Crippen LogP contribution in [0, 0.1) is 19.8 Å². The number of benzene rings is 1. The van der Waals surface area contributed by atoms with E-state index in [1.165, 1.54) is 12.8 Å². The summed E-state index contributed by atoms with van der Waals surface area (Å²) in [5, 5.41) is 4.72. The molecule has 0 spiro atoms. The largest absolute Gasteiger partial charge is 0.349 e. The van der Waals surface area contributed by atoms with Gasteiger partial charge in [-0.1, -0.05) is 30.5 Å². The lowest BCUT2D eigenvalue weighted by Gasteiger charge is -2.35. The third-order valence-electron chi connectivity index (χ3n) is 5.71. The van der Waals surface area contributed by atoms with E-state index in [-0.39, 0.29) is 5.92 Å². The molecule has 2 fully saturated rings. The number of nitrogens with zero attached hydrogens (tertiary/aromatic N) is 2. The van der Waals surface area contributed by atoms with Gasteiger partial charge in [0.2, 0.25) is 5.91 Å². The van der Waals surface area contributed by atoms with Crippen molar-refractivity contribution in [2.75, 3.05) is 31.5 Å². The van der Waals surface area contributed by atoms with Gasteiger partial charge >= 0.3 is 0 Å². The zero-order valence-electron chi connectivity index (χ0n) is 16.4. The van der Waals surface area contributed by atoms with Crippen molar-refractivity contribution in [2.24, 2.45) is 5.92 Å². The fraction of sp³-hybridized carbons (Fsp3) is 0.619. The molecule has 0 bridgehead atoms. The molecule has 6 heteroatoms. The molecule has 27 heavy (non-hydrogen) atoms. The van der Waals surface area contributed by atoms with E-state index in [4.69, 9.17) is 23.8 Å². The fourth-order valence-electron chi connectivity index (χ4n) is 4.14. The zero-order chi connectivity index (χ0) is 19.4. The molecule has 0 aliphatic carbocycles. The number of carbonyl (C=O) groups is 1. The molecule has 2 aliphatic rings. The van der Waals surface area contributed by atoms with Crippen LogP contribution in [0.15, 0.2) is 12.1 Å². The number of nitrogens with one attached hydrogen (secondary N) is 1. The molecule has 3 rings (SSSR count). The Kier molecular flexibility index (Phi) is 6.99. The highest BCUT2D eigenvalue weighted by Crippen LogP contribution is 2.28. The number of hydrogen-bond donors (Lipinski definition) is 1. The number of anilines is 1. The maximum Gasteiger partial charge on any atom is 0.225 e. The number of thiocarbonyl (C=S) groups is 1. The standard InChI is InChI=1S/C21H30ClN3OS/c1-15-13-16(2)19(18(22)14-15)23-21(27)25-11-7-17(8-12-25)20(26)24-9-5-3-4-6-10-24/h13-14,17H,3-12H2,1-2H3,(H,23,27). The van der Waals surface area contributed by atoms with Crippen molar-refractivity contribution in [1.82, 2.24) is 9.80 Å². The minimum atomic E-state index is 0.145. The summed E-state index contributed by atoms with van der Waals surface area (Å²) in [5.74, 6) is 0.500. The van der Waals surface area contributed by atoms with E-state index in [0.717, 1.165) is 68.7 Å². The summed E-state index contributed by atoms with van der Waals surface area (Å²) in [5.41, 5.74) is 3.12. The Morgan fingerprint density at radius 2 is 1.67 bits per heavy atom. The lowest BCUT2D eigenvalue weighted by atomic mass is 9.95. The second-order valence-electron chi connectivity index (χ2n) is 7.87. The maximum atomic E-state index is 12.8. The van der Waals surface area contributed by atoms with E-state index in [9.17, 15) is 4.79 Å². The number of halogens is 1. The Balaban J connectivity index is 1.54. The summed E-state index contributed by atoms with van der Waals surface area (Å²) >= 11 is 12.0. The molecule has 1 aromatic rings. The van der Waals surface area contributed by atoms with Crippen LogP contribution in [0.4, 0.5) is 5.69 Å². The van der Waals surface area contributed by atoms with Gasteiger partial charge in [-0.25, -0.2) is 0 Å². The Bertz CT molecular complexity index is 670. The smallest absolute Gasteiger partial charge is 0.225 e. The van der Waals surface area contributed by atoms with Crippen LogP contribution in [0.1, 0.15) is 49.7 Å². The second kappa shape index (κ2) is 9.24. The van der Waals surface area contributed by atoms with E-state index in [2.05, 4.69) is 21.2 Å². The van der Waals surface area contributed by atoms with Gasteiger partial charge in [-0.3, -0.25) is 4.79 Å². The molecule has 1 N–H and O–H groups in total. The first-order valence-corrected chi connectivity index (χ1v) is 10.9. The molecule has 4 nitrogen and oxygen atoms in total. The Hall–Kier alpha value is -1.33. The van der Waals surface area contributed by atoms with Crippen molar-refractivity contribution in [3.8, 4) is 0 Å². The third-order valence-corrected chi connectivity index (χ3v) is 6.37. The highest BCUT2D eigenvalue weighted by Gasteiger charge is 2.29. The van der Waals surface area contributed by atoms with Crippen LogP contribution in [0.2, 0.25) is 5.02 Å². The van der Waals surface area contributed by atoms with E-state index in [1.807, 2.05) is 19.9 Å². The number of amides is 1. The zero-order valence-corrected chi connectivity index (χ0v) is 18.0. The number of carbonyl (C=O) groups excluding carboxylic acids is 1. The molecule has 0 atom stereocenters. The number of hydrogen-bond acceptors (Lipinski definition) is 2. The molecule has 2 saturated heterocycles. The predicted molar refractivity (Wildman–Crippen MR) is 116 cm³/mol. The number of piperidine rings is 1. The quantitative estimate of drug-likeness (QED) is 0.716. The van der Waals surface area contributed by atoms with Gasteiger partial charge in [-0.05, 0) is 68.9 Å². The lowest BCUT2D eigenvalue weighted by Crippen LogP contribution is -2.45. The summed E-state index contributed by atoms with van der Waals surface area (Å²) in [6, 6.07) is 4.05. The number of rotatable bonds is 2.